The Kier molecular flexibility index (Phi) is 6.28. The minimum atomic E-state index is -3.70. The number of rotatable bonds is 5. The fourth-order valence-corrected chi connectivity index (χ4v) is 5.06. The average Bonchev–Trinajstić information content (AvgIpc) is 2.56. The lowest BCUT2D eigenvalue weighted by Gasteiger charge is -2.33. The lowest BCUT2D eigenvalue weighted by molar-refractivity contribution is 0.0635. The van der Waals surface area contributed by atoms with Gasteiger partial charge in [0.2, 0.25) is 10.0 Å². The van der Waals surface area contributed by atoms with Crippen LogP contribution < -0.4 is 0 Å². The number of likely N-dealkylation sites (tertiary alicyclic amines) is 1. The van der Waals surface area contributed by atoms with Gasteiger partial charge >= 0.3 is 0 Å². The maximum Gasteiger partial charge on any atom is 0.254 e. The lowest BCUT2D eigenvalue weighted by atomic mass is 10.0. The topological polar surface area (TPSA) is 57.7 Å². The number of nitrogens with zero attached hydrogens (tertiary/aromatic N) is 2. The normalized spacial score (nSPS) is 18.9. The molecule has 0 spiro atoms. The Labute approximate surface area is 149 Å². The molecule has 1 aliphatic rings. The first-order chi connectivity index (χ1) is 11.3. The minimum absolute atomic E-state index is 0.00313. The maximum atomic E-state index is 12.8. The van der Waals surface area contributed by atoms with E-state index >= 15 is 0 Å². The van der Waals surface area contributed by atoms with Crippen molar-refractivity contribution in [1.29, 1.82) is 0 Å². The van der Waals surface area contributed by atoms with E-state index in [4.69, 9.17) is 11.6 Å². The molecule has 1 amide bonds. The molecule has 1 saturated heterocycles. The number of hydrogen-bond donors (Lipinski definition) is 0. The first kappa shape index (κ1) is 19.2. The highest BCUT2D eigenvalue weighted by Crippen LogP contribution is 2.27. The van der Waals surface area contributed by atoms with E-state index in [-0.39, 0.29) is 21.9 Å². The number of carbonyl (C=O) groups is 1. The zero-order valence-electron chi connectivity index (χ0n) is 14.5. The van der Waals surface area contributed by atoms with Crippen LogP contribution >= 0.6 is 11.6 Å². The monoisotopic (exact) mass is 372 g/mol. The van der Waals surface area contributed by atoms with Gasteiger partial charge < -0.3 is 4.90 Å². The number of halogens is 1. The van der Waals surface area contributed by atoms with Crippen LogP contribution in [0.25, 0.3) is 0 Å². The van der Waals surface area contributed by atoms with Gasteiger partial charge in [0, 0.05) is 31.2 Å². The number of hydrogen-bond acceptors (Lipinski definition) is 3. The molecule has 1 fully saturated rings. The molecule has 5 nitrogen and oxygen atoms in total. The van der Waals surface area contributed by atoms with Crippen LogP contribution in [-0.2, 0) is 10.0 Å². The van der Waals surface area contributed by atoms with Gasteiger partial charge in [0.15, 0.2) is 0 Å². The number of amides is 1. The largest absolute Gasteiger partial charge is 0.336 e. The number of benzene rings is 1. The molecule has 1 aliphatic heterocycles. The van der Waals surface area contributed by atoms with Crippen molar-refractivity contribution in [2.24, 2.45) is 0 Å². The second kappa shape index (κ2) is 7.85. The lowest BCUT2D eigenvalue weighted by Crippen LogP contribution is -2.42. The van der Waals surface area contributed by atoms with Crippen molar-refractivity contribution < 1.29 is 13.2 Å². The quantitative estimate of drug-likeness (QED) is 0.796. The van der Waals surface area contributed by atoms with Crippen LogP contribution in [-0.4, -0.2) is 49.2 Å². The average molecular weight is 373 g/mol. The molecule has 0 bridgehead atoms. The second-order valence-corrected chi connectivity index (χ2v) is 8.39. The summed E-state index contributed by atoms with van der Waals surface area (Å²) < 4.78 is 26.8. The molecule has 1 heterocycles. The summed E-state index contributed by atoms with van der Waals surface area (Å²) in [5.74, 6) is -0.130. The van der Waals surface area contributed by atoms with E-state index in [1.807, 2.05) is 11.8 Å². The van der Waals surface area contributed by atoms with E-state index in [0.717, 1.165) is 19.3 Å². The molecule has 1 atom stereocenters. The van der Waals surface area contributed by atoms with Gasteiger partial charge in [0.05, 0.1) is 5.02 Å². The first-order valence-electron chi connectivity index (χ1n) is 8.43. The Bertz CT molecular complexity index is 702. The molecule has 7 heteroatoms. The van der Waals surface area contributed by atoms with Gasteiger partial charge in [0.25, 0.3) is 5.91 Å². The van der Waals surface area contributed by atoms with Gasteiger partial charge in [-0.1, -0.05) is 25.4 Å². The minimum Gasteiger partial charge on any atom is -0.336 e. The zero-order valence-corrected chi connectivity index (χ0v) is 16.0. The number of piperidine rings is 1. The fourth-order valence-electron chi connectivity index (χ4n) is 3.10. The van der Waals surface area contributed by atoms with Crippen LogP contribution in [0.15, 0.2) is 23.1 Å². The highest BCUT2D eigenvalue weighted by molar-refractivity contribution is 7.89. The van der Waals surface area contributed by atoms with Crippen molar-refractivity contribution in [2.75, 3.05) is 19.6 Å². The van der Waals surface area contributed by atoms with E-state index in [2.05, 4.69) is 0 Å². The summed E-state index contributed by atoms with van der Waals surface area (Å²) in [7, 11) is -3.70. The molecule has 0 unspecified atom stereocenters. The highest BCUT2D eigenvalue weighted by atomic mass is 35.5. The molecule has 1 aromatic carbocycles. The third-order valence-corrected chi connectivity index (χ3v) is 7.10. The molecule has 0 aromatic heterocycles. The predicted octanol–water partition coefficient (Wildman–Crippen LogP) is 3.39. The molecule has 1 aromatic rings. The Morgan fingerprint density at radius 2 is 1.96 bits per heavy atom. The molecule has 0 N–H and O–H groups in total. The van der Waals surface area contributed by atoms with E-state index in [1.165, 1.54) is 16.4 Å². The number of carbonyl (C=O) groups excluding carboxylic acids is 1. The Balaban J connectivity index is 2.40. The molecule has 0 saturated carbocycles. The van der Waals surface area contributed by atoms with E-state index in [1.54, 1.807) is 19.9 Å². The molecule has 2 rings (SSSR count). The summed E-state index contributed by atoms with van der Waals surface area (Å²) >= 11 is 6.13. The van der Waals surface area contributed by atoms with Crippen molar-refractivity contribution in [1.82, 2.24) is 9.21 Å². The standard InChI is InChI=1S/C17H25ClN2O3S/c1-4-19(5-2)24(22,23)16-12-14(9-10-15(16)18)17(21)20-11-7-6-8-13(20)3/h9-10,12-13H,4-8,11H2,1-3H3/t13-/m1/s1. The third kappa shape index (κ3) is 3.76. The van der Waals surface area contributed by atoms with E-state index in [0.29, 0.717) is 25.2 Å². The molecule has 24 heavy (non-hydrogen) atoms. The smallest absolute Gasteiger partial charge is 0.254 e. The number of sulfonamides is 1. The summed E-state index contributed by atoms with van der Waals surface area (Å²) in [5, 5.41) is 0.144. The Hall–Kier alpha value is -1.11. The molecule has 0 aliphatic carbocycles. The highest BCUT2D eigenvalue weighted by Gasteiger charge is 2.28. The summed E-state index contributed by atoms with van der Waals surface area (Å²) in [5.41, 5.74) is 0.374. The van der Waals surface area contributed by atoms with Crippen LogP contribution in [0.5, 0.6) is 0 Å². The van der Waals surface area contributed by atoms with Gasteiger partial charge in [-0.05, 0) is 44.4 Å². The van der Waals surface area contributed by atoms with Gasteiger partial charge in [-0.25, -0.2) is 8.42 Å². The van der Waals surface area contributed by atoms with Gasteiger partial charge in [-0.15, -0.1) is 0 Å². The summed E-state index contributed by atoms with van der Waals surface area (Å²) in [6, 6.07) is 4.69. The molecular weight excluding hydrogens is 348 g/mol. The summed E-state index contributed by atoms with van der Waals surface area (Å²) in [4.78, 5) is 14.6. The van der Waals surface area contributed by atoms with Gasteiger partial charge in [-0.2, -0.15) is 4.31 Å². The molecular formula is C17H25ClN2O3S. The van der Waals surface area contributed by atoms with Crippen LogP contribution in [0.4, 0.5) is 0 Å². The van der Waals surface area contributed by atoms with Crippen LogP contribution in [0.1, 0.15) is 50.4 Å². The van der Waals surface area contributed by atoms with Crippen molar-refractivity contribution in [3.05, 3.63) is 28.8 Å². The van der Waals surface area contributed by atoms with Crippen LogP contribution in [0.3, 0.4) is 0 Å². The predicted molar refractivity (Wildman–Crippen MR) is 95.9 cm³/mol. The second-order valence-electron chi connectivity index (χ2n) is 6.08. The van der Waals surface area contributed by atoms with Gasteiger partial charge in [-0.3, -0.25) is 4.79 Å². The van der Waals surface area contributed by atoms with Crippen molar-refractivity contribution in [3.8, 4) is 0 Å². The van der Waals surface area contributed by atoms with Crippen LogP contribution in [0.2, 0.25) is 5.02 Å². The Morgan fingerprint density at radius 3 is 2.54 bits per heavy atom. The van der Waals surface area contributed by atoms with Crippen LogP contribution in [0, 0.1) is 0 Å². The van der Waals surface area contributed by atoms with E-state index in [9.17, 15) is 13.2 Å². The van der Waals surface area contributed by atoms with Gasteiger partial charge in [0.1, 0.15) is 4.90 Å². The van der Waals surface area contributed by atoms with Crippen molar-refractivity contribution >= 4 is 27.5 Å². The maximum absolute atomic E-state index is 12.8. The SMILES string of the molecule is CCN(CC)S(=O)(=O)c1cc(C(=O)N2CCCC[C@H]2C)ccc1Cl. The summed E-state index contributed by atoms with van der Waals surface area (Å²) in [6.07, 6.45) is 3.07. The Morgan fingerprint density at radius 1 is 1.29 bits per heavy atom. The van der Waals surface area contributed by atoms with Crippen molar-refractivity contribution in [2.45, 2.75) is 51.0 Å². The third-order valence-electron chi connectivity index (χ3n) is 4.57. The van der Waals surface area contributed by atoms with E-state index < -0.39 is 10.0 Å². The first-order valence-corrected chi connectivity index (χ1v) is 10.2. The zero-order chi connectivity index (χ0) is 17.9. The fraction of sp³-hybridized carbons (Fsp3) is 0.588. The van der Waals surface area contributed by atoms with Crippen molar-refractivity contribution in [3.63, 3.8) is 0 Å². The molecule has 0 radical (unpaired) electrons. The molecule has 134 valence electrons. The summed E-state index contributed by atoms with van der Waals surface area (Å²) in [6.45, 7) is 7.01.